The number of hydrogen-bond acceptors (Lipinski definition) is 3. The lowest BCUT2D eigenvalue weighted by Crippen LogP contribution is -2.14. The Balaban J connectivity index is 1.64. The molecule has 118 valence electrons. The van der Waals surface area contributed by atoms with Crippen molar-refractivity contribution in [2.24, 2.45) is 0 Å². The molecule has 1 aliphatic rings. The van der Waals surface area contributed by atoms with Gasteiger partial charge in [-0.05, 0) is 61.4 Å². The van der Waals surface area contributed by atoms with Gasteiger partial charge in [0.25, 0.3) is 0 Å². The van der Waals surface area contributed by atoms with Crippen molar-refractivity contribution in [2.75, 3.05) is 16.8 Å². The average Bonchev–Trinajstić information content (AvgIpc) is 3.00. The number of benzene rings is 2. The largest absolute Gasteiger partial charge is 0.341 e. The van der Waals surface area contributed by atoms with E-state index in [1.807, 2.05) is 12.1 Å². The van der Waals surface area contributed by atoms with Crippen LogP contribution < -0.4 is 10.2 Å². The molecule has 3 rings (SSSR count). The number of carbonyl (C=O) groups excluding carboxylic acids is 1. The Labute approximate surface area is 136 Å². The zero-order chi connectivity index (χ0) is 16.1. The molecule has 0 saturated carbocycles. The zero-order valence-electron chi connectivity index (χ0n) is 13.1. The quantitative estimate of drug-likeness (QED) is 0.622. The minimum atomic E-state index is 0.00566. The smallest absolute Gasteiger partial charge is 0.224 e. The number of carbonyl (C=O) groups is 1. The molecule has 1 aliphatic heterocycles. The fourth-order valence-corrected chi connectivity index (χ4v) is 2.92. The number of rotatable bonds is 6. The van der Waals surface area contributed by atoms with Crippen LogP contribution >= 0.6 is 0 Å². The summed E-state index contributed by atoms with van der Waals surface area (Å²) < 4.78 is 0. The fraction of sp³-hybridized carbons (Fsp3) is 0.263. The molecule has 0 spiro atoms. The molecule has 2 aromatic carbocycles. The second-order valence-corrected chi connectivity index (χ2v) is 5.72. The van der Waals surface area contributed by atoms with Gasteiger partial charge in [-0.2, -0.15) is 0 Å². The van der Waals surface area contributed by atoms with E-state index in [2.05, 4.69) is 46.6 Å². The van der Waals surface area contributed by atoms with Crippen molar-refractivity contribution < 1.29 is 4.79 Å². The Kier molecular flexibility index (Phi) is 4.71. The van der Waals surface area contributed by atoms with E-state index in [9.17, 15) is 4.79 Å². The second kappa shape index (κ2) is 7.09. The second-order valence-electron chi connectivity index (χ2n) is 5.72. The van der Waals surface area contributed by atoms with Crippen LogP contribution in [0.4, 0.5) is 17.1 Å². The predicted octanol–water partition coefficient (Wildman–Crippen LogP) is 4.14. The van der Waals surface area contributed by atoms with Gasteiger partial charge in [-0.15, -0.1) is 0 Å². The van der Waals surface area contributed by atoms with Crippen LogP contribution in [0.2, 0.25) is 0 Å². The number of anilines is 3. The SMILES string of the molecule is N=CCCCC(=O)Nc1ccc(N2CCc3ccccc32)cc1. The molecule has 0 aromatic heterocycles. The van der Waals surface area contributed by atoms with Gasteiger partial charge in [0.05, 0.1) is 0 Å². The molecular weight excluding hydrogens is 286 g/mol. The van der Waals surface area contributed by atoms with Crippen LogP contribution in [0, 0.1) is 5.41 Å². The molecule has 2 aromatic rings. The lowest BCUT2D eigenvalue weighted by atomic mass is 10.2. The molecule has 1 amide bonds. The Hall–Kier alpha value is -2.62. The summed E-state index contributed by atoms with van der Waals surface area (Å²) in [5.41, 5.74) is 4.63. The number of amides is 1. The number of fused-ring (bicyclic) bond motifs is 1. The highest BCUT2D eigenvalue weighted by Gasteiger charge is 2.19. The Bertz CT molecular complexity index is 694. The molecule has 23 heavy (non-hydrogen) atoms. The van der Waals surface area contributed by atoms with Gasteiger partial charge >= 0.3 is 0 Å². The number of para-hydroxylation sites is 1. The Morgan fingerprint density at radius 2 is 1.96 bits per heavy atom. The van der Waals surface area contributed by atoms with Crippen LogP contribution in [0.5, 0.6) is 0 Å². The molecule has 0 fully saturated rings. The van der Waals surface area contributed by atoms with Crippen molar-refractivity contribution in [3.63, 3.8) is 0 Å². The predicted molar refractivity (Wildman–Crippen MR) is 94.9 cm³/mol. The summed E-state index contributed by atoms with van der Waals surface area (Å²) in [4.78, 5) is 14.1. The minimum absolute atomic E-state index is 0.00566. The number of nitrogens with one attached hydrogen (secondary N) is 2. The summed E-state index contributed by atoms with van der Waals surface area (Å²) in [7, 11) is 0. The zero-order valence-corrected chi connectivity index (χ0v) is 13.1. The first kappa shape index (κ1) is 15.3. The maximum Gasteiger partial charge on any atom is 0.224 e. The molecule has 4 nitrogen and oxygen atoms in total. The van der Waals surface area contributed by atoms with Gasteiger partial charge < -0.3 is 15.6 Å². The highest BCUT2D eigenvalue weighted by atomic mass is 16.1. The Morgan fingerprint density at radius 3 is 2.74 bits per heavy atom. The molecule has 0 atom stereocenters. The summed E-state index contributed by atoms with van der Waals surface area (Å²) in [6.45, 7) is 0.995. The highest BCUT2D eigenvalue weighted by Crippen LogP contribution is 2.34. The van der Waals surface area contributed by atoms with Crippen molar-refractivity contribution in [1.29, 1.82) is 5.41 Å². The molecule has 0 aliphatic carbocycles. The Morgan fingerprint density at radius 1 is 1.17 bits per heavy atom. The van der Waals surface area contributed by atoms with Crippen LogP contribution in [-0.2, 0) is 11.2 Å². The summed E-state index contributed by atoms with van der Waals surface area (Å²) >= 11 is 0. The molecule has 1 heterocycles. The summed E-state index contributed by atoms with van der Waals surface area (Å²) in [6, 6.07) is 16.5. The lowest BCUT2D eigenvalue weighted by Gasteiger charge is -2.20. The van der Waals surface area contributed by atoms with Gasteiger partial charge in [-0.25, -0.2) is 0 Å². The molecule has 0 unspecified atom stereocenters. The van der Waals surface area contributed by atoms with Gasteiger partial charge in [0.1, 0.15) is 0 Å². The normalized spacial score (nSPS) is 12.8. The third-order valence-electron chi connectivity index (χ3n) is 4.10. The van der Waals surface area contributed by atoms with Gasteiger partial charge in [-0.3, -0.25) is 4.79 Å². The van der Waals surface area contributed by atoms with Gasteiger partial charge in [-0.1, -0.05) is 18.2 Å². The van der Waals surface area contributed by atoms with Crippen LogP contribution in [0.1, 0.15) is 24.8 Å². The lowest BCUT2D eigenvalue weighted by molar-refractivity contribution is -0.116. The molecule has 0 saturated heterocycles. The van der Waals surface area contributed by atoms with E-state index in [1.165, 1.54) is 17.5 Å². The van der Waals surface area contributed by atoms with Crippen molar-refractivity contribution in [2.45, 2.75) is 25.7 Å². The third-order valence-corrected chi connectivity index (χ3v) is 4.10. The van der Waals surface area contributed by atoms with E-state index in [4.69, 9.17) is 5.41 Å². The molecule has 4 heteroatoms. The summed E-state index contributed by atoms with van der Waals surface area (Å²) in [5.74, 6) is 0.00566. The third kappa shape index (κ3) is 3.59. The topological polar surface area (TPSA) is 56.2 Å². The van der Waals surface area contributed by atoms with E-state index in [0.29, 0.717) is 12.8 Å². The summed E-state index contributed by atoms with van der Waals surface area (Å²) in [6.07, 6.45) is 4.24. The molecule has 2 N–H and O–H groups in total. The van der Waals surface area contributed by atoms with E-state index in [0.717, 1.165) is 30.8 Å². The van der Waals surface area contributed by atoms with Gasteiger partial charge in [0.2, 0.25) is 5.91 Å². The van der Waals surface area contributed by atoms with Crippen molar-refractivity contribution >= 4 is 29.2 Å². The van der Waals surface area contributed by atoms with E-state index in [1.54, 1.807) is 0 Å². The minimum Gasteiger partial charge on any atom is -0.341 e. The standard InChI is InChI=1S/C19H21N3O/c20-13-4-3-7-19(23)21-16-8-10-17(11-9-16)22-14-12-15-5-1-2-6-18(15)22/h1-2,5-6,8-11,13,20H,3-4,7,12,14H2,(H,21,23). The van der Waals surface area contributed by atoms with Crippen LogP contribution in [0.3, 0.4) is 0 Å². The van der Waals surface area contributed by atoms with Crippen molar-refractivity contribution in [3.8, 4) is 0 Å². The average molecular weight is 307 g/mol. The van der Waals surface area contributed by atoms with Crippen molar-refractivity contribution in [3.05, 3.63) is 54.1 Å². The first-order chi connectivity index (χ1) is 11.3. The molecule has 0 bridgehead atoms. The van der Waals surface area contributed by atoms with Gasteiger partial charge in [0.15, 0.2) is 0 Å². The fourth-order valence-electron chi connectivity index (χ4n) is 2.92. The molecule has 0 radical (unpaired) electrons. The maximum atomic E-state index is 11.8. The summed E-state index contributed by atoms with van der Waals surface area (Å²) in [5, 5.41) is 9.87. The first-order valence-corrected chi connectivity index (χ1v) is 8.02. The maximum absolute atomic E-state index is 11.8. The van der Waals surface area contributed by atoms with Crippen molar-refractivity contribution in [1.82, 2.24) is 0 Å². The van der Waals surface area contributed by atoms with Crippen LogP contribution in [0.15, 0.2) is 48.5 Å². The molecular formula is C19H21N3O. The van der Waals surface area contributed by atoms with E-state index < -0.39 is 0 Å². The monoisotopic (exact) mass is 307 g/mol. The van der Waals surface area contributed by atoms with Gasteiger partial charge in [0, 0.05) is 30.0 Å². The highest BCUT2D eigenvalue weighted by molar-refractivity contribution is 5.91. The van der Waals surface area contributed by atoms with E-state index in [-0.39, 0.29) is 5.91 Å². The number of unbranched alkanes of at least 4 members (excludes halogenated alkanes) is 1. The number of hydrogen-bond donors (Lipinski definition) is 2. The van der Waals surface area contributed by atoms with Crippen LogP contribution in [-0.4, -0.2) is 18.7 Å². The first-order valence-electron chi connectivity index (χ1n) is 8.02. The number of nitrogens with zero attached hydrogens (tertiary/aromatic N) is 1. The van der Waals surface area contributed by atoms with Crippen LogP contribution in [0.25, 0.3) is 0 Å². The van der Waals surface area contributed by atoms with E-state index >= 15 is 0 Å².